The number of hydrogen-bond donors (Lipinski definition) is 0. The predicted molar refractivity (Wildman–Crippen MR) is 63.2 cm³/mol. The zero-order valence-corrected chi connectivity index (χ0v) is 10.6. The molecular formula is C13H15F3N2O. The third kappa shape index (κ3) is 3.05. The molecule has 0 aliphatic carbocycles. The molecule has 6 heteroatoms. The molecule has 0 spiro atoms. The number of amides is 1. The van der Waals surface area contributed by atoms with Crippen molar-refractivity contribution in [3.63, 3.8) is 0 Å². The molecule has 1 aromatic heterocycles. The average Bonchev–Trinajstić information content (AvgIpc) is 2.55. The summed E-state index contributed by atoms with van der Waals surface area (Å²) in [5.74, 6) is -1.73. The number of fused-ring (bicyclic) bond motifs is 1. The van der Waals surface area contributed by atoms with E-state index in [1.165, 1.54) is 0 Å². The number of rotatable bonds is 1. The van der Waals surface area contributed by atoms with E-state index >= 15 is 0 Å². The van der Waals surface area contributed by atoms with E-state index < -0.39 is 12.1 Å². The lowest BCUT2D eigenvalue weighted by atomic mass is 9.97. The van der Waals surface area contributed by atoms with Crippen molar-refractivity contribution < 1.29 is 18.0 Å². The van der Waals surface area contributed by atoms with Crippen molar-refractivity contribution in [1.29, 1.82) is 0 Å². The maximum absolute atomic E-state index is 12.6. The molecule has 0 aromatic carbocycles. The Labute approximate surface area is 109 Å². The van der Waals surface area contributed by atoms with Gasteiger partial charge in [-0.3, -0.25) is 9.78 Å². The quantitative estimate of drug-likeness (QED) is 0.787. The summed E-state index contributed by atoms with van der Waals surface area (Å²) in [5, 5.41) is 0. The summed E-state index contributed by atoms with van der Waals surface area (Å²) in [7, 11) is 0. The summed E-state index contributed by atoms with van der Waals surface area (Å²) in [6.45, 7) is 1.98. The smallest absolute Gasteiger partial charge is 0.329 e. The van der Waals surface area contributed by atoms with Gasteiger partial charge >= 0.3 is 12.1 Å². The van der Waals surface area contributed by atoms with E-state index in [0.717, 1.165) is 16.9 Å². The fourth-order valence-corrected chi connectivity index (χ4v) is 2.34. The highest BCUT2D eigenvalue weighted by Gasteiger charge is 2.43. The Hall–Kier alpha value is -1.59. The second-order valence-corrected chi connectivity index (χ2v) is 4.77. The van der Waals surface area contributed by atoms with Crippen molar-refractivity contribution in [2.45, 2.75) is 32.5 Å². The first-order valence-corrected chi connectivity index (χ1v) is 6.20. The van der Waals surface area contributed by atoms with Gasteiger partial charge in [0, 0.05) is 12.7 Å². The van der Waals surface area contributed by atoms with Crippen LogP contribution in [0.5, 0.6) is 0 Å². The third-order valence-corrected chi connectivity index (χ3v) is 3.42. The number of hydrogen-bond acceptors (Lipinski definition) is 2. The predicted octanol–water partition coefficient (Wildman–Crippen LogP) is 2.55. The zero-order valence-electron chi connectivity index (χ0n) is 10.6. The third-order valence-electron chi connectivity index (χ3n) is 3.42. The van der Waals surface area contributed by atoms with Crippen LogP contribution in [0.3, 0.4) is 0 Å². The van der Waals surface area contributed by atoms with E-state index in [4.69, 9.17) is 0 Å². The minimum Gasteiger partial charge on any atom is -0.329 e. The molecule has 0 saturated carbocycles. The number of aromatic nitrogens is 1. The number of nitrogens with zero attached hydrogens (tertiary/aromatic N) is 2. The van der Waals surface area contributed by atoms with Gasteiger partial charge < -0.3 is 4.90 Å². The van der Waals surface area contributed by atoms with Gasteiger partial charge in [0.05, 0.1) is 12.2 Å². The van der Waals surface area contributed by atoms with Crippen molar-refractivity contribution in [1.82, 2.24) is 9.88 Å². The lowest BCUT2D eigenvalue weighted by molar-refractivity contribution is -0.186. The Morgan fingerprint density at radius 2 is 2.26 bits per heavy atom. The lowest BCUT2D eigenvalue weighted by Crippen LogP contribution is -2.42. The summed E-state index contributed by atoms with van der Waals surface area (Å²) in [5.41, 5.74) is 1.50. The van der Waals surface area contributed by atoms with E-state index in [1.54, 1.807) is 12.3 Å². The van der Waals surface area contributed by atoms with Gasteiger partial charge in [0.15, 0.2) is 0 Å². The molecule has 104 valence electrons. The molecule has 0 radical (unpaired) electrons. The molecule has 19 heavy (non-hydrogen) atoms. The molecule has 1 amide bonds. The number of alkyl halides is 3. The summed E-state index contributed by atoms with van der Waals surface area (Å²) < 4.78 is 37.7. The molecule has 1 aliphatic heterocycles. The molecule has 0 saturated heterocycles. The van der Waals surface area contributed by atoms with Gasteiger partial charge in [0.25, 0.3) is 0 Å². The minimum atomic E-state index is -4.82. The summed E-state index contributed by atoms with van der Waals surface area (Å²) in [4.78, 5) is 16.4. The van der Waals surface area contributed by atoms with Crippen LogP contribution in [-0.4, -0.2) is 28.5 Å². The molecule has 0 N–H and O–H groups in total. The van der Waals surface area contributed by atoms with Crippen molar-refractivity contribution in [2.24, 2.45) is 5.92 Å². The lowest BCUT2D eigenvalue weighted by Gasteiger charge is -2.24. The van der Waals surface area contributed by atoms with Gasteiger partial charge in [0.2, 0.25) is 0 Å². The van der Waals surface area contributed by atoms with Gasteiger partial charge in [-0.05, 0) is 24.0 Å². The van der Waals surface area contributed by atoms with Crippen molar-refractivity contribution in [3.8, 4) is 0 Å². The van der Waals surface area contributed by atoms with Gasteiger partial charge in [-0.25, -0.2) is 0 Å². The fourth-order valence-electron chi connectivity index (χ4n) is 2.34. The van der Waals surface area contributed by atoms with Crippen LogP contribution in [0.25, 0.3) is 0 Å². The SMILES string of the molecule is CC[C@H]1Cc2cccnc2CN(C(=O)C(F)(F)F)C1. The van der Waals surface area contributed by atoms with Crippen LogP contribution in [0.1, 0.15) is 24.6 Å². The Kier molecular flexibility index (Phi) is 3.78. The fraction of sp³-hybridized carbons (Fsp3) is 0.538. The maximum atomic E-state index is 12.6. The number of halogens is 3. The van der Waals surface area contributed by atoms with Crippen LogP contribution in [0.4, 0.5) is 13.2 Å². The normalized spacial score (nSPS) is 19.8. The summed E-state index contributed by atoms with van der Waals surface area (Å²) in [6, 6.07) is 3.64. The van der Waals surface area contributed by atoms with Gasteiger partial charge in [-0.2, -0.15) is 13.2 Å². The first-order valence-electron chi connectivity index (χ1n) is 6.20. The van der Waals surface area contributed by atoms with Gasteiger partial charge in [-0.1, -0.05) is 19.4 Å². The van der Waals surface area contributed by atoms with Gasteiger partial charge in [-0.15, -0.1) is 0 Å². The number of carbonyl (C=O) groups excluding carboxylic acids is 1. The first kappa shape index (κ1) is 13.8. The highest BCUT2D eigenvalue weighted by atomic mass is 19.4. The summed E-state index contributed by atoms with van der Waals surface area (Å²) >= 11 is 0. The van der Waals surface area contributed by atoms with E-state index in [9.17, 15) is 18.0 Å². The topological polar surface area (TPSA) is 33.2 Å². The van der Waals surface area contributed by atoms with Crippen LogP contribution < -0.4 is 0 Å². The largest absolute Gasteiger partial charge is 0.471 e. The van der Waals surface area contributed by atoms with E-state index in [1.807, 2.05) is 13.0 Å². The molecule has 0 fully saturated rings. The summed E-state index contributed by atoms with van der Waals surface area (Å²) in [6.07, 6.45) is -1.88. The molecule has 1 aliphatic rings. The Morgan fingerprint density at radius 1 is 1.53 bits per heavy atom. The van der Waals surface area contributed by atoms with E-state index in [2.05, 4.69) is 4.98 Å². The number of carbonyl (C=O) groups is 1. The highest BCUT2D eigenvalue weighted by Crippen LogP contribution is 2.26. The Morgan fingerprint density at radius 3 is 2.89 bits per heavy atom. The molecule has 2 heterocycles. The molecular weight excluding hydrogens is 257 g/mol. The standard InChI is InChI=1S/C13H15F3N2O/c1-2-9-6-10-4-3-5-17-11(10)8-18(7-9)12(19)13(14,15)16/h3-5,9H,2,6-8H2,1H3/t9-/m0/s1. The zero-order chi connectivity index (χ0) is 14.0. The van der Waals surface area contributed by atoms with Crippen LogP contribution >= 0.6 is 0 Å². The van der Waals surface area contributed by atoms with E-state index in [-0.39, 0.29) is 19.0 Å². The van der Waals surface area contributed by atoms with Crippen LogP contribution in [0.2, 0.25) is 0 Å². The first-order chi connectivity index (χ1) is 8.91. The molecule has 0 bridgehead atoms. The molecule has 1 aromatic rings. The minimum absolute atomic E-state index is 0.0387. The van der Waals surface area contributed by atoms with Crippen molar-refractivity contribution >= 4 is 5.91 Å². The Balaban J connectivity index is 2.30. The van der Waals surface area contributed by atoms with Crippen molar-refractivity contribution in [2.75, 3.05) is 6.54 Å². The monoisotopic (exact) mass is 272 g/mol. The molecule has 2 rings (SSSR count). The molecule has 3 nitrogen and oxygen atoms in total. The van der Waals surface area contributed by atoms with Crippen LogP contribution in [-0.2, 0) is 17.8 Å². The number of pyridine rings is 1. The highest BCUT2D eigenvalue weighted by molar-refractivity contribution is 5.81. The second kappa shape index (κ2) is 5.19. The Bertz CT molecular complexity index is 473. The van der Waals surface area contributed by atoms with Crippen LogP contribution in [0, 0.1) is 5.92 Å². The van der Waals surface area contributed by atoms with Crippen LogP contribution in [0.15, 0.2) is 18.3 Å². The van der Waals surface area contributed by atoms with Crippen molar-refractivity contribution in [3.05, 3.63) is 29.6 Å². The second-order valence-electron chi connectivity index (χ2n) is 4.77. The molecule has 1 atom stereocenters. The van der Waals surface area contributed by atoms with E-state index in [0.29, 0.717) is 12.1 Å². The molecule has 0 unspecified atom stereocenters. The average molecular weight is 272 g/mol. The van der Waals surface area contributed by atoms with Gasteiger partial charge in [0.1, 0.15) is 0 Å². The maximum Gasteiger partial charge on any atom is 0.471 e.